The van der Waals surface area contributed by atoms with Crippen molar-refractivity contribution >= 4 is 15.6 Å². The minimum atomic E-state index is -4.51. The summed E-state index contributed by atoms with van der Waals surface area (Å²) < 4.78 is 34.9. The molecule has 7 nitrogen and oxygen atoms in total. The van der Waals surface area contributed by atoms with Crippen molar-refractivity contribution in [3.05, 3.63) is 0 Å². The molecule has 2 unspecified atom stereocenters. The van der Waals surface area contributed by atoms with Crippen LogP contribution < -0.4 is 0 Å². The number of hydrogen-bond acceptors (Lipinski definition) is 5. The van der Waals surface area contributed by atoms with Gasteiger partial charge in [-0.3, -0.25) is 9.05 Å². The van der Waals surface area contributed by atoms with Crippen molar-refractivity contribution in [1.29, 1.82) is 0 Å². The van der Waals surface area contributed by atoms with Gasteiger partial charge in [0.15, 0.2) is 0 Å². The lowest BCUT2D eigenvalue weighted by molar-refractivity contribution is 0.155. The summed E-state index contributed by atoms with van der Waals surface area (Å²) in [7, 11) is -9.02. The zero-order chi connectivity index (χ0) is 11.9. The SMILES string of the molecule is CCCOP(=O)(O)OP(=O)(O)OCCC. The van der Waals surface area contributed by atoms with Crippen LogP contribution in [0.1, 0.15) is 26.7 Å². The highest BCUT2D eigenvalue weighted by atomic mass is 31.3. The predicted molar refractivity (Wildman–Crippen MR) is 53.2 cm³/mol. The van der Waals surface area contributed by atoms with E-state index in [9.17, 15) is 9.13 Å². The minimum absolute atomic E-state index is 0.0401. The second-order valence-electron chi connectivity index (χ2n) is 2.69. The van der Waals surface area contributed by atoms with E-state index >= 15 is 0 Å². The molecule has 0 saturated carbocycles. The van der Waals surface area contributed by atoms with Crippen molar-refractivity contribution in [3.8, 4) is 0 Å². The van der Waals surface area contributed by atoms with Gasteiger partial charge < -0.3 is 9.79 Å². The Morgan fingerprint density at radius 1 is 0.933 bits per heavy atom. The van der Waals surface area contributed by atoms with Crippen LogP contribution in [0, 0.1) is 0 Å². The third-order valence-electron chi connectivity index (χ3n) is 1.12. The number of phosphoric ester groups is 2. The molecule has 0 radical (unpaired) electrons. The average molecular weight is 262 g/mol. The summed E-state index contributed by atoms with van der Waals surface area (Å²) in [4.78, 5) is 18.0. The predicted octanol–water partition coefficient (Wildman–Crippen LogP) is 2.06. The van der Waals surface area contributed by atoms with Crippen LogP contribution in [0.4, 0.5) is 0 Å². The lowest BCUT2D eigenvalue weighted by Crippen LogP contribution is -1.98. The van der Waals surface area contributed by atoms with Crippen LogP contribution in [0.3, 0.4) is 0 Å². The third kappa shape index (κ3) is 8.11. The maximum absolute atomic E-state index is 11.1. The molecule has 0 saturated heterocycles. The largest absolute Gasteiger partial charge is 0.481 e. The van der Waals surface area contributed by atoms with E-state index in [4.69, 9.17) is 9.79 Å². The van der Waals surface area contributed by atoms with Crippen molar-refractivity contribution in [2.75, 3.05) is 13.2 Å². The van der Waals surface area contributed by atoms with E-state index in [0.29, 0.717) is 12.8 Å². The van der Waals surface area contributed by atoms with Gasteiger partial charge in [0, 0.05) is 0 Å². The fraction of sp³-hybridized carbons (Fsp3) is 1.00. The van der Waals surface area contributed by atoms with Crippen LogP contribution in [0.25, 0.3) is 0 Å². The van der Waals surface area contributed by atoms with Gasteiger partial charge in [0.05, 0.1) is 13.2 Å². The Morgan fingerprint density at radius 3 is 1.53 bits per heavy atom. The molecular formula is C6H16O7P2. The molecule has 0 bridgehead atoms. The van der Waals surface area contributed by atoms with E-state index in [1.165, 1.54) is 0 Å². The topological polar surface area (TPSA) is 102 Å². The van der Waals surface area contributed by atoms with Gasteiger partial charge in [-0.2, -0.15) is 4.31 Å². The van der Waals surface area contributed by atoms with Gasteiger partial charge in [0.2, 0.25) is 0 Å². The monoisotopic (exact) mass is 262 g/mol. The van der Waals surface area contributed by atoms with Gasteiger partial charge in [0.1, 0.15) is 0 Å². The molecule has 0 amide bonds. The zero-order valence-corrected chi connectivity index (χ0v) is 10.4. The molecule has 0 heterocycles. The molecule has 0 aliphatic heterocycles. The molecule has 15 heavy (non-hydrogen) atoms. The first-order valence-corrected chi connectivity index (χ1v) is 7.48. The lowest BCUT2D eigenvalue weighted by atomic mass is 10.5. The Labute approximate surface area is 88.6 Å². The first kappa shape index (κ1) is 15.3. The van der Waals surface area contributed by atoms with Gasteiger partial charge in [-0.25, -0.2) is 9.13 Å². The molecule has 0 aromatic heterocycles. The summed E-state index contributed by atoms with van der Waals surface area (Å²) in [6.07, 6.45) is 0.971. The van der Waals surface area contributed by atoms with Crippen LogP contribution in [0.15, 0.2) is 0 Å². The Balaban J connectivity index is 4.17. The summed E-state index contributed by atoms with van der Waals surface area (Å²) in [5.74, 6) is 0. The van der Waals surface area contributed by atoms with E-state index in [2.05, 4.69) is 13.4 Å². The molecule has 0 aliphatic carbocycles. The highest BCUT2D eigenvalue weighted by Gasteiger charge is 2.34. The Bertz CT molecular complexity index is 240. The van der Waals surface area contributed by atoms with E-state index in [1.807, 2.05) is 0 Å². The molecule has 0 spiro atoms. The standard InChI is InChI=1S/C6H16O7P2/c1-3-5-11-14(7,8)13-15(9,10)12-6-4-2/h3-6H2,1-2H3,(H,7,8)(H,9,10). The molecule has 0 aliphatic rings. The van der Waals surface area contributed by atoms with Gasteiger partial charge in [-0.1, -0.05) is 13.8 Å². The van der Waals surface area contributed by atoms with Crippen molar-refractivity contribution in [2.24, 2.45) is 0 Å². The molecule has 0 rings (SSSR count). The summed E-state index contributed by atoms with van der Waals surface area (Å²) in [6, 6.07) is 0. The van der Waals surface area contributed by atoms with Crippen molar-refractivity contribution < 1.29 is 32.3 Å². The highest BCUT2D eigenvalue weighted by molar-refractivity contribution is 7.61. The molecule has 92 valence electrons. The van der Waals surface area contributed by atoms with Gasteiger partial charge in [-0.15, -0.1) is 0 Å². The summed E-state index contributed by atoms with van der Waals surface area (Å²) in [5, 5.41) is 0. The van der Waals surface area contributed by atoms with Gasteiger partial charge in [-0.05, 0) is 12.8 Å². The zero-order valence-electron chi connectivity index (χ0n) is 8.66. The molecule has 0 fully saturated rings. The average Bonchev–Trinajstić information content (AvgIpc) is 2.10. The van der Waals surface area contributed by atoms with Crippen molar-refractivity contribution in [3.63, 3.8) is 0 Å². The minimum Gasteiger partial charge on any atom is -0.302 e. The third-order valence-corrected chi connectivity index (χ3v) is 3.79. The second kappa shape index (κ2) is 6.76. The Kier molecular flexibility index (Phi) is 6.88. The molecule has 2 N–H and O–H groups in total. The number of phosphoric acid groups is 2. The van der Waals surface area contributed by atoms with Gasteiger partial charge in [0.25, 0.3) is 0 Å². The molecule has 9 heteroatoms. The lowest BCUT2D eigenvalue weighted by Gasteiger charge is -2.15. The highest BCUT2D eigenvalue weighted by Crippen LogP contribution is 2.60. The van der Waals surface area contributed by atoms with Crippen LogP contribution in [-0.2, 0) is 22.5 Å². The fourth-order valence-electron chi connectivity index (χ4n) is 0.591. The number of rotatable bonds is 8. The van der Waals surface area contributed by atoms with Crippen LogP contribution in [0.2, 0.25) is 0 Å². The first-order chi connectivity index (χ1) is 6.83. The van der Waals surface area contributed by atoms with E-state index < -0.39 is 15.6 Å². The molecule has 2 atom stereocenters. The second-order valence-corrected chi connectivity index (χ2v) is 5.73. The van der Waals surface area contributed by atoms with E-state index in [1.54, 1.807) is 13.8 Å². The van der Waals surface area contributed by atoms with Gasteiger partial charge >= 0.3 is 15.6 Å². The van der Waals surface area contributed by atoms with E-state index in [-0.39, 0.29) is 13.2 Å². The van der Waals surface area contributed by atoms with Crippen LogP contribution >= 0.6 is 15.6 Å². The van der Waals surface area contributed by atoms with E-state index in [0.717, 1.165) is 0 Å². The normalized spacial score (nSPS) is 19.5. The molecule has 0 aromatic rings. The van der Waals surface area contributed by atoms with Crippen LogP contribution in [0.5, 0.6) is 0 Å². The summed E-state index contributed by atoms with van der Waals surface area (Å²) in [5.41, 5.74) is 0. The molecular weight excluding hydrogens is 246 g/mol. The first-order valence-electron chi connectivity index (χ1n) is 4.49. The maximum atomic E-state index is 11.1. The smallest absolute Gasteiger partial charge is 0.302 e. The Hall–Kier alpha value is 0.260. The Morgan fingerprint density at radius 2 is 1.27 bits per heavy atom. The summed E-state index contributed by atoms with van der Waals surface area (Å²) in [6.45, 7) is 3.35. The maximum Gasteiger partial charge on any atom is 0.481 e. The van der Waals surface area contributed by atoms with Crippen molar-refractivity contribution in [1.82, 2.24) is 0 Å². The van der Waals surface area contributed by atoms with Crippen LogP contribution in [-0.4, -0.2) is 23.0 Å². The van der Waals surface area contributed by atoms with Crippen molar-refractivity contribution in [2.45, 2.75) is 26.7 Å². The quantitative estimate of drug-likeness (QED) is 0.645. The number of hydrogen-bond donors (Lipinski definition) is 2. The molecule has 0 aromatic carbocycles. The fourth-order valence-corrected chi connectivity index (χ4v) is 2.84. The summed E-state index contributed by atoms with van der Waals surface area (Å²) >= 11 is 0.